The van der Waals surface area contributed by atoms with Gasteiger partial charge in [-0.1, -0.05) is 26.7 Å². The maximum Gasteiger partial charge on any atom is 0.0243 e. The van der Waals surface area contributed by atoms with E-state index in [0.717, 1.165) is 12.3 Å². The van der Waals surface area contributed by atoms with Crippen molar-refractivity contribution in [3.63, 3.8) is 0 Å². The minimum Gasteiger partial charge on any atom is -0.316 e. The van der Waals surface area contributed by atoms with Crippen LogP contribution in [0.15, 0.2) is 0 Å². The minimum atomic E-state index is 0.461. The van der Waals surface area contributed by atoms with E-state index in [1.807, 2.05) is 7.05 Å². The fraction of sp³-hybridized carbons (Fsp3) is 0.846. The molecule has 1 heteroatoms. The van der Waals surface area contributed by atoms with Gasteiger partial charge in [0, 0.05) is 12.5 Å². The van der Waals surface area contributed by atoms with E-state index < -0.39 is 0 Å². The lowest BCUT2D eigenvalue weighted by Crippen LogP contribution is -2.43. The molecule has 0 bridgehead atoms. The Labute approximate surface area is 88.7 Å². The van der Waals surface area contributed by atoms with E-state index in [1.54, 1.807) is 0 Å². The van der Waals surface area contributed by atoms with Crippen molar-refractivity contribution >= 4 is 0 Å². The summed E-state index contributed by atoms with van der Waals surface area (Å²) in [6.07, 6.45) is 11.7. The van der Waals surface area contributed by atoms with E-state index in [9.17, 15) is 0 Å². The van der Waals surface area contributed by atoms with Crippen LogP contribution in [-0.4, -0.2) is 13.1 Å². The summed E-state index contributed by atoms with van der Waals surface area (Å²) in [4.78, 5) is 0. The summed E-state index contributed by atoms with van der Waals surface area (Å²) >= 11 is 0. The fourth-order valence-electron chi connectivity index (χ4n) is 2.84. The second-order valence-electron chi connectivity index (χ2n) is 5.14. The van der Waals surface area contributed by atoms with E-state index in [4.69, 9.17) is 6.42 Å². The number of rotatable bonds is 3. The molecule has 14 heavy (non-hydrogen) atoms. The third-order valence-corrected chi connectivity index (χ3v) is 3.78. The molecule has 1 N–H and O–H groups in total. The molecule has 0 aromatic rings. The molecule has 1 saturated carbocycles. The van der Waals surface area contributed by atoms with Crippen molar-refractivity contribution in [1.29, 1.82) is 0 Å². The van der Waals surface area contributed by atoms with Crippen molar-refractivity contribution < 1.29 is 0 Å². The topological polar surface area (TPSA) is 12.0 Å². The van der Waals surface area contributed by atoms with Gasteiger partial charge in [-0.05, 0) is 31.2 Å². The fourth-order valence-corrected chi connectivity index (χ4v) is 2.84. The van der Waals surface area contributed by atoms with Gasteiger partial charge in [0.05, 0.1) is 0 Å². The van der Waals surface area contributed by atoms with Crippen molar-refractivity contribution in [3.8, 4) is 12.3 Å². The predicted octanol–water partition coefficient (Wildman–Crippen LogP) is 2.81. The minimum absolute atomic E-state index is 0.461. The maximum atomic E-state index is 5.41. The van der Waals surface area contributed by atoms with Crippen LogP contribution in [0.4, 0.5) is 0 Å². The summed E-state index contributed by atoms with van der Waals surface area (Å²) < 4.78 is 0. The molecule has 2 unspecified atom stereocenters. The predicted molar refractivity (Wildman–Crippen MR) is 62.0 cm³/mol. The molecule has 1 nitrogen and oxygen atoms in total. The monoisotopic (exact) mass is 193 g/mol. The Morgan fingerprint density at radius 1 is 1.50 bits per heavy atom. The number of hydrogen-bond acceptors (Lipinski definition) is 1. The molecule has 1 aliphatic carbocycles. The summed E-state index contributed by atoms with van der Waals surface area (Å²) in [5.41, 5.74) is 0.461. The third kappa shape index (κ3) is 2.51. The molecule has 0 radical (unpaired) electrons. The van der Waals surface area contributed by atoms with Gasteiger partial charge >= 0.3 is 0 Å². The Kier molecular flexibility index (Phi) is 4.01. The van der Waals surface area contributed by atoms with Gasteiger partial charge in [0.1, 0.15) is 0 Å². The van der Waals surface area contributed by atoms with Crippen LogP contribution >= 0.6 is 0 Å². The first-order valence-corrected chi connectivity index (χ1v) is 5.72. The van der Waals surface area contributed by atoms with E-state index in [0.29, 0.717) is 11.5 Å². The van der Waals surface area contributed by atoms with Gasteiger partial charge < -0.3 is 5.32 Å². The molecule has 0 aromatic carbocycles. The summed E-state index contributed by atoms with van der Waals surface area (Å²) in [5.74, 6) is 3.54. The molecular weight excluding hydrogens is 170 g/mol. The van der Waals surface area contributed by atoms with Crippen molar-refractivity contribution in [1.82, 2.24) is 5.32 Å². The Morgan fingerprint density at radius 2 is 2.21 bits per heavy atom. The number of nitrogens with one attached hydrogen (secondary N) is 1. The zero-order chi connectivity index (χ0) is 10.6. The standard InChI is InChI=1S/C13H23N/c1-5-8-12(14-4)11-9-6-7-10-13(11,2)3/h1,11-12,14H,6-10H2,2-4H3. The Morgan fingerprint density at radius 3 is 2.71 bits per heavy atom. The first kappa shape index (κ1) is 11.6. The molecule has 1 aliphatic rings. The Balaban J connectivity index is 2.67. The number of hydrogen-bond donors (Lipinski definition) is 1. The van der Waals surface area contributed by atoms with E-state index in [1.165, 1.54) is 25.7 Å². The summed E-state index contributed by atoms with van der Waals surface area (Å²) in [5, 5.41) is 3.39. The lowest BCUT2D eigenvalue weighted by molar-refractivity contribution is 0.103. The largest absolute Gasteiger partial charge is 0.316 e. The van der Waals surface area contributed by atoms with Gasteiger partial charge in [0.2, 0.25) is 0 Å². The van der Waals surface area contributed by atoms with E-state index in [-0.39, 0.29) is 0 Å². The summed E-state index contributed by atoms with van der Waals surface area (Å²) in [6, 6.07) is 0.510. The zero-order valence-electron chi connectivity index (χ0n) is 9.77. The lowest BCUT2D eigenvalue weighted by Gasteiger charge is -2.42. The van der Waals surface area contributed by atoms with Crippen molar-refractivity contribution in [2.75, 3.05) is 7.05 Å². The Bertz CT molecular complexity index is 212. The number of terminal acetylenes is 1. The van der Waals surface area contributed by atoms with Crippen molar-refractivity contribution in [2.24, 2.45) is 11.3 Å². The second-order valence-corrected chi connectivity index (χ2v) is 5.14. The quantitative estimate of drug-likeness (QED) is 0.680. The van der Waals surface area contributed by atoms with Crippen LogP contribution in [0, 0.1) is 23.7 Å². The van der Waals surface area contributed by atoms with Crippen LogP contribution in [0.1, 0.15) is 46.0 Å². The van der Waals surface area contributed by atoms with Crippen LogP contribution in [-0.2, 0) is 0 Å². The molecule has 0 amide bonds. The summed E-state index contributed by atoms with van der Waals surface area (Å²) in [6.45, 7) is 4.77. The van der Waals surface area contributed by atoms with Gasteiger partial charge in [-0.15, -0.1) is 12.3 Å². The molecule has 2 atom stereocenters. The van der Waals surface area contributed by atoms with Crippen molar-refractivity contribution in [2.45, 2.75) is 52.0 Å². The van der Waals surface area contributed by atoms with Gasteiger partial charge in [0.25, 0.3) is 0 Å². The second kappa shape index (κ2) is 4.84. The molecule has 0 spiro atoms. The summed E-state index contributed by atoms with van der Waals surface area (Å²) in [7, 11) is 2.03. The van der Waals surface area contributed by atoms with Crippen LogP contribution in [0.3, 0.4) is 0 Å². The molecule has 0 aliphatic heterocycles. The lowest BCUT2D eigenvalue weighted by atomic mass is 9.65. The normalized spacial score (nSPS) is 28.0. The van der Waals surface area contributed by atoms with Crippen LogP contribution in [0.5, 0.6) is 0 Å². The van der Waals surface area contributed by atoms with Crippen LogP contribution in [0.25, 0.3) is 0 Å². The van der Waals surface area contributed by atoms with E-state index in [2.05, 4.69) is 25.1 Å². The highest BCUT2D eigenvalue weighted by atomic mass is 14.9. The average molecular weight is 193 g/mol. The molecule has 1 rings (SSSR count). The third-order valence-electron chi connectivity index (χ3n) is 3.78. The van der Waals surface area contributed by atoms with Gasteiger partial charge in [-0.2, -0.15) is 0 Å². The molecule has 0 aromatic heterocycles. The Hall–Kier alpha value is -0.480. The van der Waals surface area contributed by atoms with Crippen LogP contribution < -0.4 is 5.32 Å². The molecule has 0 heterocycles. The van der Waals surface area contributed by atoms with Gasteiger partial charge in [-0.25, -0.2) is 0 Å². The molecule has 80 valence electrons. The van der Waals surface area contributed by atoms with Gasteiger partial charge in [-0.3, -0.25) is 0 Å². The highest BCUT2D eigenvalue weighted by Crippen LogP contribution is 2.42. The zero-order valence-corrected chi connectivity index (χ0v) is 9.77. The van der Waals surface area contributed by atoms with E-state index >= 15 is 0 Å². The first-order valence-electron chi connectivity index (χ1n) is 5.72. The molecular formula is C13H23N. The van der Waals surface area contributed by atoms with Crippen molar-refractivity contribution in [3.05, 3.63) is 0 Å². The average Bonchev–Trinajstić information content (AvgIpc) is 2.14. The smallest absolute Gasteiger partial charge is 0.0243 e. The highest BCUT2D eigenvalue weighted by molar-refractivity contribution is 4.97. The SMILES string of the molecule is C#CCC(NC)C1CCCCC1(C)C. The van der Waals surface area contributed by atoms with Crippen LogP contribution in [0.2, 0.25) is 0 Å². The maximum absolute atomic E-state index is 5.41. The van der Waals surface area contributed by atoms with Gasteiger partial charge in [0.15, 0.2) is 0 Å². The molecule has 0 saturated heterocycles. The first-order chi connectivity index (χ1) is 6.61. The molecule has 1 fully saturated rings. The highest BCUT2D eigenvalue weighted by Gasteiger charge is 2.36.